The first-order chi connectivity index (χ1) is 10.4. The number of imidazole rings is 2. The van der Waals surface area contributed by atoms with E-state index in [0.717, 1.165) is 23.0 Å². The third-order valence-corrected chi connectivity index (χ3v) is 3.42. The van der Waals surface area contributed by atoms with E-state index in [9.17, 15) is 0 Å². The predicted molar refractivity (Wildman–Crippen MR) is 76.2 cm³/mol. The Morgan fingerprint density at radius 2 is 2.19 bits per heavy atom. The number of H-pyrrole nitrogens is 1. The molecule has 0 saturated carbocycles. The van der Waals surface area contributed by atoms with Crippen LogP contribution in [0.1, 0.15) is 0 Å². The first-order valence-electron chi connectivity index (χ1n) is 6.78. The number of hydrogen-bond acceptors (Lipinski definition) is 4. The zero-order chi connectivity index (χ0) is 14.1. The Labute approximate surface area is 121 Å². The summed E-state index contributed by atoms with van der Waals surface area (Å²) in [6.45, 7) is 1.19. The summed E-state index contributed by atoms with van der Waals surface area (Å²) in [6, 6.07) is 7.72. The van der Waals surface area contributed by atoms with E-state index in [2.05, 4.69) is 15.0 Å². The van der Waals surface area contributed by atoms with Crippen LogP contribution >= 0.6 is 0 Å². The van der Waals surface area contributed by atoms with E-state index in [4.69, 9.17) is 9.47 Å². The van der Waals surface area contributed by atoms with Crippen molar-refractivity contribution in [3.05, 3.63) is 49.2 Å². The van der Waals surface area contributed by atoms with Gasteiger partial charge in [-0.25, -0.2) is 9.97 Å². The highest BCUT2D eigenvalue weighted by atomic mass is 16.6. The summed E-state index contributed by atoms with van der Waals surface area (Å²) in [5.41, 5.74) is 0.886. The molecule has 106 valence electrons. The van der Waals surface area contributed by atoms with Gasteiger partial charge in [0, 0.05) is 12.4 Å². The first kappa shape index (κ1) is 12.0. The lowest BCUT2D eigenvalue weighted by atomic mass is 10.2. The van der Waals surface area contributed by atoms with Gasteiger partial charge in [-0.05, 0) is 12.1 Å². The summed E-state index contributed by atoms with van der Waals surface area (Å²) in [5, 5.41) is 0. The molecule has 3 aromatic rings. The van der Waals surface area contributed by atoms with Gasteiger partial charge in [-0.1, -0.05) is 12.1 Å². The van der Waals surface area contributed by atoms with E-state index in [1.165, 1.54) is 0 Å². The van der Waals surface area contributed by atoms with Gasteiger partial charge in [-0.15, -0.1) is 0 Å². The first-order valence-corrected chi connectivity index (χ1v) is 6.78. The van der Waals surface area contributed by atoms with Gasteiger partial charge in [-0.3, -0.25) is 0 Å². The standard InChI is InChI=1S/C15H14N4O2/c1-2-4-14-13(3-1)20-9-11(21-14)8-19-6-5-17-15(19)12-7-16-10-18-12/h1-7,10-11H,8-9H2,(H,16,18)/t11-/m1/s1. The minimum absolute atomic E-state index is 0.0456. The molecule has 1 N–H and O–H groups in total. The van der Waals surface area contributed by atoms with Crippen molar-refractivity contribution < 1.29 is 9.47 Å². The SMILES string of the molecule is c1ccc2c(c1)OC[C@@H](Cn1ccnc1-c1cnc[nH]1)O2. The van der Waals surface area contributed by atoms with E-state index < -0.39 is 0 Å². The van der Waals surface area contributed by atoms with Gasteiger partial charge in [0.1, 0.15) is 12.3 Å². The molecule has 21 heavy (non-hydrogen) atoms. The summed E-state index contributed by atoms with van der Waals surface area (Å²) in [4.78, 5) is 11.5. The Morgan fingerprint density at radius 3 is 3.05 bits per heavy atom. The van der Waals surface area contributed by atoms with Gasteiger partial charge in [0.25, 0.3) is 0 Å². The third kappa shape index (κ3) is 2.24. The van der Waals surface area contributed by atoms with E-state index in [0.29, 0.717) is 13.2 Å². The number of nitrogens with zero attached hydrogens (tertiary/aromatic N) is 3. The Hall–Kier alpha value is -2.76. The maximum Gasteiger partial charge on any atom is 0.161 e. The summed E-state index contributed by atoms with van der Waals surface area (Å²) in [7, 11) is 0. The zero-order valence-corrected chi connectivity index (χ0v) is 11.3. The molecule has 4 rings (SSSR count). The largest absolute Gasteiger partial charge is 0.486 e. The Balaban J connectivity index is 1.55. The maximum absolute atomic E-state index is 5.98. The van der Waals surface area contributed by atoms with Gasteiger partial charge in [0.2, 0.25) is 0 Å². The number of fused-ring (bicyclic) bond motifs is 1. The van der Waals surface area contributed by atoms with Gasteiger partial charge in [-0.2, -0.15) is 0 Å². The fourth-order valence-corrected chi connectivity index (χ4v) is 2.45. The number of aromatic nitrogens is 4. The van der Waals surface area contributed by atoms with Crippen molar-refractivity contribution in [3.63, 3.8) is 0 Å². The van der Waals surface area contributed by atoms with Crippen molar-refractivity contribution >= 4 is 0 Å². The monoisotopic (exact) mass is 282 g/mol. The van der Waals surface area contributed by atoms with Crippen LogP contribution in [0.4, 0.5) is 0 Å². The van der Waals surface area contributed by atoms with Crippen molar-refractivity contribution in [1.82, 2.24) is 19.5 Å². The van der Waals surface area contributed by atoms with E-state index in [1.807, 2.05) is 35.0 Å². The van der Waals surface area contributed by atoms with Crippen molar-refractivity contribution in [2.45, 2.75) is 12.6 Å². The minimum atomic E-state index is -0.0456. The van der Waals surface area contributed by atoms with Crippen molar-refractivity contribution in [2.24, 2.45) is 0 Å². The maximum atomic E-state index is 5.98. The average Bonchev–Trinajstić information content (AvgIpc) is 3.18. The number of aromatic amines is 1. The quantitative estimate of drug-likeness (QED) is 0.799. The molecule has 0 aliphatic carbocycles. The summed E-state index contributed by atoms with van der Waals surface area (Å²) >= 11 is 0. The molecular weight excluding hydrogens is 268 g/mol. The van der Waals surface area contributed by atoms with Gasteiger partial charge in [0.15, 0.2) is 23.4 Å². The molecule has 1 atom stereocenters. The lowest BCUT2D eigenvalue weighted by molar-refractivity contribution is 0.0788. The van der Waals surface area contributed by atoms with Crippen LogP contribution in [0.25, 0.3) is 11.5 Å². The molecule has 0 bridgehead atoms. The molecule has 0 saturated heterocycles. The van der Waals surface area contributed by atoms with Crippen LogP contribution in [0.2, 0.25) is 0 Å². The fourth-order valence-electron chi connectivity index (χ4n) is 2.45. The number of para-hydroxylation sites is 2. The highest BCUT2D eigenvalue weighted by Gasteiger charge is 2.22. The lowest BCUT2D eigenvalue weighted by Gasteiger charge is -2.27. The lowest BCUT2D eigenvalue weighted by Crippen LogP contribution is -2.33. The van der Waals surface area contributed by atoms with Gasteiger partial charge in [0.05, 0.1) is 19.1 Å². The molecule has 6 heteroatoms. The Bertz CT molecular complexity index is 736. The van der Waals surface area contributed by atoms with E-state index in [-0.39, 0.29) is 6.10 Å². The topological polar surface area (TPSA) is 65.0 Å². The number of benzene rings is 1. The summed E-state index contributed by atoms with van der Waals surface area (Å²) in [5.74, 6) is 2.43. The van der Waals surface area contributed by atoms with Crippen molar-refractivity contribution in [2.75, 3.05) is 6.61 Å². The van der Waals surface area contributed by atoms with Crippen LogP contribution in [0.5, 0.6) is 11.5 Å². The molecule has 0 unspecified atom stereocenters. The van der Waals surface area contributed by atoms with Crippen LogP contribution in [-0.2, 0) is 6.54 Å². The Morgan fingerprint density at radius 1 is 1.29 bits per heavy atom. The second-order valence-electron chi connectivity index (χ2n) is 4.87. The van der Waals surface area contributed by atoms with Crippen LogP contribution < -0.4 is 9.47 Å². The molecule has 2 aromatic heterocycles. The molecule has 0 amide bonds. The smallest absolute Gasteiger partial charge is 0.161 e. The zero-order valence-electron chi connectivity index (χ0n) is 11.3. The second-order valence-corrected chi connectivity index (χ2v) is 4.87. The van der Waals surface area contributed by atoms with Gasteiger partial charge >= 0.3 is 0 Å². The summed E-state index contributed by atoms with van der Waals surface area (Å²) < 4.78 is 13.8. The predicted octanol–water partition coefficient (Wildman–Crippen LogP) is 2.11. The number of ether oxygens (including phenoxy) is 2. The molecular formula is C15H14N4O2. The van der Waals surface area contributed by atoms with Crippen LogP contribution in [-0.4, -0.2) is 32.2 Å². The molecule has 3 heterocycles. The Kier molecular flexibility index (Phi) is 2.85. The molecule has 6 nitrogen and oxygen atoms in total. The molecule has 0 fully saturated rings. The van der Waals surface area contributed by atoms with Gasteiger partial charge < -0.3 is 19.0 Å². The highest BCUT2D eigenvalue weighted by Crippen LogP contribution is 2.31. The van der Waals surface area contributed by atoms with Crippen molar-refractivity contribution in [3.8, 4) is 23.0 Å². The molecule has 0 radical (unpaired) electrons. The average molecular weight is 282 g/mol. The normalized spacial score (nSPS) is 16.9. The number of nitrogens with one attached hydrogen (secondary N) is 1. The summed E-state index contributed by atoms with van der Waals surface area (Å²) in [6.07, 6.45) is 7.06. The van der Waals surface area contributed by atoms with Crippen LogP contribution in [0.15, 0.2) is 49.2 Å². The fraction of sp³-hybridized carbons (Fsp3) is 0.200. The second kappa shape index (κ2) is 4.97. The molecule has 0 spiro atoms. The molecule has 1 aromatic carbocycles. The highest BCUT2D eigenvalue weighted by molar-refractivity contribution is 5.48. The van der Waals surface area contributed by atoms with E-state index >= 15 is 0 Å². The third-order valence-electron chi connectivity index (χ3n) is 3.42. The molecule has 1 aliphatic rings. The number of hydrogen-bond donors (Lipinski definition) is 1. The number of rotatable bonds is 3. The minimum Gasteiger partial charge on any atom is -0.486 e. The molecule has 1 aliphatic heterocycles. The van der Waals surface area contributed by atoms with Crippen LogP contribution in [0, 0.1) is 0 Å². The van der Waals surface area contributed by atoms with E-state index in [1.54, 1.807) is 18.7 Å². The van der Waals surface area contributed by atoms with Crippen LogP contribution in [0.3, 0.4) is 0 Å². The van der Waals surface area contributed by atoms with Crippen molar-refractivity contribution in [1.29, 1.82) is 0 Å².